The van der Waals surface area contributed by atoms with E-state index in [1.807, 2.05) is 12.1 Å². The Morgan fingerprint density at radius 1 is 1.17 bits per heavy atom. The van der Waals surface area contributed by atoms with E-state index >= 15 is 0 Å². The van der Waals surface area contributed by atoms with Crippen molar-refractivity contribution in [2.75, 3.05) is 6.54 Å². The fourth-order valence-electron chi connectivity index (χ4n) is 3.19. The number of rotatable bonds is 4. The van der Waals surface area contributed by atoms with E-state index in [0.29, 0.717) is 5.92 Å². The van der Waals surface area contributed by atoms with Crippen molar-refractivity contribution < 1.29 is 0 Å². The van der Waals surface area contributed by atoms with Gasteiger partial charge in [0.2, 0.25) is 0 Å². The largest absolute Gasteiger partial charge is 0.330 e. The van der Waals surface area contributed by atoms with Crippen LogP contribution in [0.3, 0.4) is 0 Å². The lowest BCUT2D eigenvalue weighted by molar-refractivity contribution is 0.302. The molecule has 1 aliphatic rings. The van der Waals surface area contributed by atoms with Crippen LogP contribution >= 0.6 is 11.6 Å². The van der Waals surface area contributed by atoms with Crippen LogP contribution in [0.1, 0.15) is 44.1 Å². The van der Waals surface area contributed by atoms with Crippen LogP contribution in [0, 0.1) is 11.8 Å². The Labute approximate surface area is 116 Å². The van der Waals surface area contributed by atoms with Gasteiger partial charge in [-0.2, -0.15) is 0 Å². The van der Waals surface area contributed by atoms with Gasteiger partial charge in [0.1, 0.15) is 0 Å². The molecule has 1 saturated carbocycles. The van der Waals surface area contributed by atoms with Crippen LogP contribution in [-0.2, 0) is 6.42 Å². The summed E-state index contributed by atoms with van der Waals surface area (Å²) in [5.74, 6) is 1.44. The Morgan fingerprint density at radius 2 is 1.89 bits per heavy atom. The topological polar surface area (TPSA) is 26.0 Å². The molecule has 2 heteroatoms. The Kier molecular flexibility index (Phi) is 5.52. The molecule has 0 aliphatic heterocycles. The third kappa shape index (κ3) is 4.00. The van der Waals surface area contributed by atoms with Crippen LogP contribution in [0.2, 0.25) is 5.02 Å². The summed E-state index contributed by atoms with van der Waals surface area (Å²) in [5.41, 5.74) is 7.34. The molecular formula is C16H24ClN. The molecule has 1 aromatic rings. The van der Waals surface area contributed by atoms with E-state index in [-0.39, 0.29) is 0 Å². The first-order valence-corrected chi connectivity index (χ1v) is 7.62. The van der Waals surface area contributed by atoms with Crippen molar-refractivity contribution in [2.24, 2.45) is 17.6 Å². The van der Waals surface area contributed by atoms with Crippen molar-refractivity contribution in [1.82, 2.24) is 0 Å². The summed E-state index contributed by atoms with van der Waals surface area (Å²) in [6.07, 6.45) is 9.40. The number of hydrogen-bond donors (Lipinski definition) is 1. The molecule has 18 heavy (non-hydrogen) atoms. The smallest absolute Gasteiger partial charge is 0.0408 e. The molecule has 0 bridgehead atoms. The zero-order valence-electron chi connectivity index (χ0n) is 11.1. The van der Waals surface area contributed by atoms with E-state index in [4.69, 9.17) is 17.3 Å². The summed E-state index contributed by atoms with van der Waals surface area (Å²) in [6.45, 7) is 0.803. The van der Waals surface area contributed by atoms with Gasteiger partial charge in [0.25, 0.3) is 0 Å². The molecule has 2 N–H and O–H groups in total. The fraction of sp³-hybridized carbons (Fsp3) is 0.625. The van der Waals surface area contributed by atoms with E-state index in [1.54, 1.807) is 0 Å². The molecule has 1 nitrogen and oxygen atoms in total. The van der Waals surface area contributed by atoms with Gasteiger partial charge in [-0.15, -0.1) is 0 Å². The summed E-state index contributed by atoms with van der Waals surface area (Å²) in [7, 11) is 0. The first kappa shape index (κ1) is 13.9. The zero-order valence-corrected chi connectivity index (χ0v) is 11.8. The molecule has 0 saturated heterocycles. The highest BCUT2D eigenvalue weighted by atomic mass is 35.5. The Bertz CT molecular complexity index is 356. The first-order valence-electron chi connectivity index (χ1n) is 7.24. The van der Waals surface area contributed by atoms with Crippen molar-refractivity contribution >= 4 is 11.6 Å². The standard InChI is InChI=1S/C16H24ClN/c17-16-9-5-6-13(11-16)10-15(12-18)14-7-3-1-2-4-8-14/h5-6,9,11,14-15H,1-4,7-8,10,12,18H2. The molecule has 0 radical (unpaired) electrons. The van der Waals surface area contributed by atoms with Crippen molar-refractivity contribution in [3.05, 3.63) is 34.9 Å². The Balaban J connectivity index is 1.99. The molecule has 1 aromatic carbocycles. The quantitative estimate of drug-likeness (QED) is 0.801. The number of nitrogens with two attached hydrogens (primary N) is 1. The van der Waals surface area contributed by atoms with E-state index in [2.05, 4.69) is 12.1 Å². The summed E-state index contributed by atoms with van der Waals surface area (Å²) in [5, 5.41) is 0.837. The minimum Gasteiger partial charge on any atom is -0.330 e. The Morgan fingerprint density at radius 3 is 2.50 bits per heavy atom. The van der Waals surface area contributed by atoms with Crippen molar-refractivity contribution in [2.45, 2.75) is 44.9 Å². The van der Waals surface area contributed by atoms with E-state index in [0.717, 1.165) is 23.9 Å². The summed E-state index contributed by atoms with van der Waals surface area (Å²) in [6, 6.07) is 8.23. The van der Waals surface area contributed by atoms with Gasteiger partial charge in [-0.3, -0.25) is 0 Å². The van der Waals surface area contributed by atoms with Gasteiger partial charge in [0, 0.05) is 5.02 Å². The second kappa shape index (κ2) is 7.16. The molecule has 100 valence electrons. The van der Waals surface area contributed by atoms with Crippen LogP contribution in [0.25, 0.3) is 0 Å². The highest BCUT2D eigenvalue weighted by Gasteiger charge is 2.21. The SMILES string of the molecule is NCC(Cc1cccc(Cl)c1)C1CCCCCC1. The molecule has 1 aliphatic carbocycles. The monoisotopic (exact) mass is 265 g/mol. The maximum absolute atomic E-state index is 6.05. The van der Waals surface area contributed by atoms with Crippen molar-refractivity contribution in [3.63, 3.8) is 0 Å². The summed E-state index contributed by atoms with van der Waals surface area (Å²) >= 11 is 6.05. The van der Waals surface area contributed by atoms with E-state index in [9.17, 15) is 0 Å². The summed E-state index contributed by atoms with van der Waals surface area (Å²) < 4.78 is 0. The van der Waals surface area contributed by atoms with Gasteiger partial charge in [-0.1, -0.05) is 62.3 Å². The molecular weight excluding hydrogens is 242 g/mol. The molecule has 1 atom stereocenters. The average Bonchev–Trinajstić information content (AvgIpc) is 2.65. The fourth-order valence-corrected chi connectivity index (χ4v) is 3.40. The maximum Gasteiger partial charge on any atom is 0.0408 e. The summed E-state index contributed by atoms with van der Waals surface area (Å²) in [4.78, 5) is 0. The lowest BCUT2D eigenvalue weighted by Crippen LogP contribution is -2.25. The minimum atomic E-state index is 0.626. The molecule has 0 aromatic heterocycles. The second-order valence-electron chi connectivity index (χ2n) is 5.58. The zero-order chi connectivity index (χ0) is 12.8. The van der Waals surface area contributed by atoms with Crippen LogP contribution in [-0.4, -0.2) is 6.54 Å². The lowest BCUT2D eigenvalue weighted by Gasteiger charge is -2.25. The second-order valence-corrected chi connectivity index (χ2v) is 6.02. The van der Waals surface area contributed by atoms with Crippen LogP contribution in [0.15, 0.2) is 24.3 Å². The van der Waals surface area contributed by atoms with Crippen LogP contribution in [0.5, 0.6) is 0 Å². The van der Waals surface area contributed by atoms with Crippen molar-refractivity contribution in [1.29, 1.82) is 0 Å². The predicted octanol–water partition coefficient (Wildman–Crippen LogP) is 4.43. The highest BCUT2D eigenvalue weighted by Crippen LogP contribution is 2.30. The van der Waals surface area contributed by atoms with Gasteiger partial charge in [-0.25, -0.2) is 0 Å². The van der Waals surface area contributed by atoms with Gasteiger partial charge in [0.15, 0.2) is 0 Å². The highest BCUT2D eigenvalue weighted by molar-refractivity contribution is 6.30. The molecule has 2 rings (SSSR count). The number of halogens is 1. The Hall–Kier alpha value is -0.530. The molecule has 0 spiro atoms. The van der Waals surface area contributed by atoms with Crippen LogP contribution in [0.4, 0.5) is 0 Å². The van der Waals surface area contributed by atoms with Gasteiger partial charge >= 0.3 is 0 Å². The molecule has 0 heterocycles. The average molecular weight is 266 g/mol. The van der Waals surface area contributed by atoms with Gasteiger partial charge < -0.3 is 5.73 Å². The van der Waals surface area contributed by atoms with E-state index < -0.39 is 0 Å². The first-order chi connectivity index (χ1) is 8.79. The molecule has 0 amide bonds. The van der Waals surface area contributed by atoms with Gasteiger partial charge in [0.05, 0.1) is 0 Å². The normalized spacial score (nSPS) is 19.4. The van der Waals surface area contributed by atoms with Crippen LogP contribution < -0.4 is 5.73 Å². The molecule has 1 fully saturated rings. The van der Waals surface area contributed by atoms with E-state index in [1.165, 1.54) is 44.1 Å². The maximum atomic E-state index is 6.05. The number of benzene rings is 1. The number of hydrogen-bond acceptors (Lipinski definition) is 1. The third-order valence-electron chi connectivity index (χ3n) is 4.26. The lowest BCUT2D eigenvalue weighted by atomic mass is 9.82. The molecule has 1 unspecified atom stereocenters. The van der Waals surface area contributed by atoms with Crippen molar-refractivity contribution in [3.8, 4) is 0 Å². The predicted molar refractivity (Wildman–Crippen MR) is 78.9 cm³/mol. The van der Waals surface area contributed by atoms with Gasteiger partial charge in [-0.05, 0) is 42.5 Å². The minimum absolute atomic E-state index is 0.626. The third-order valence-corrected chi connectivity index (χ3v) is 4.49.